The van der Waals surface area contributed by atoms with E-state index in [2.05, 4.69) is 4.98 Å². The third-order valence-corrected chi connectivity index (χ3v) is 3.49. The number of aromatic nitrogens is 1. The van der Waals surface area contributed by atoms with Gasteiger partial charge in [-0.15, -0.1) is 0 Å². The maximum absolute atomic E-state index is 12.6. The first kappa shape index (κ1) is 17.3. The van der Waals surface area contributed by atoms with Crippen LogP contribution >= 0.6 is 11.6 Å². The molecule has 0 aliphatic rings. The predicted octanol–water partition coefficient (Wildman–Crippen LogP) is 2.53. The van der Waals surface area contributed by atoms with Gasteiger partial charge in [-0.25, -0.2) is 4.98 Å². The first-order chi connectivity index (χ1) is 9.93. The molecule has 21 heavy (non-hydrogen) atoms. The first-order valence-corrected chi connectivity index (χ1v) is 6.90. The van der Waals surface area contributed by atoms with E-state index >= 15 is 0 Å². The molecule has 0 saturated heterocycles. The zero-order valence-electron chi connectivity index (χ0n) is 12.2. The van der Waals surface area contributed by atoms with Gasteiger partial charge in [-0.05, 0) is 19.4 Å². The molecule has 0 fully saturated rings. The van der Waals surface area contributed by atoms with Crippen LogP contribution in [-0.2, 0) is 4.74 Å². The number of halogens is 1. The number of methoxy groups -OCH3 is 1. The Morgan fingerprint density at radius 3 is 2.81 bits per heavy atom. The Morgan fingerprint density at radius 1 is 1.62 bits per heavy atom. The van der Waals surface area contributed by atoms with Crippen molar-refractivity contribution in [1.82, 2.24) is 9.88 Å². The average Bonchev–Trinajstić information content (AvgIpc) is 2.46. The second-order valence-electron chi connectivity index (χ2n) is 4.50. The molecule has 0 aliphatic carbocycles. The molecule has 1 rings (SSSR count). The smallest absolute Gasteiger partial charge is 0.319 e. The average molecular weight is 316 g/mol. The number of pyridine rings is 1. The largest absolute Gasteiger partial charge is 0.383 e. The van der Waals surface area contributed by atoms with Crippen molar-refractivity contribution < 1.29 is 14.5 Å². The van der Waals surface area contributed by atoms with E-state index in [1.165, 1.54) is 19.4 Å². The van der Waals surface area contributed by atoms with E-state index < -0.39 is 16.5 Å². The second kappa shape index (κ2) is 7.90. The number of hydrogen-bond acceptors (Lipinski definition) is 5. The van der Waals surface area contributed by atoms with Gasteiger partial charge in [0.05, 0.1) is 11.5 Å². The van der Waals surface area contributed by atoms with Crippen LogP contribution in [-0.4, -0.2) is 47.0 Å². The molecule has 0 aliphatic heterocycles. The molecule has 1 heterocycles. The summed E-state index contributed by atoms with van der Waals surface area (Å²) in [5.41, 5.74) is -0.522. The van der Waals surface area contributed by atoms with Crippen LogP contribution in [0.4, 0.5) is 5.69 Å². The zero-order valence-corrected chi connectivity index (χ0v) is 13.0. The van der Waals surface area contributed by atoms with Crippen molar-refractivity contribution >= 4 is 23.2 Å². The summed E-state index contributed by atoms with van der Waals surface area (Å²) in [7, 11) is 1.53. The van der Waals surface area contributed by atoms with Crippen LogP contribution in [0.3, 0.4) is 0 Å². The molecule has 0 aromatic carbocycles. The molecule has 0 saturated carbocycles. The Bertz CT molecular complexity index is 524. The number of carbonyl (C=O) groups is 1. The normalized spacial score (nSPS) is 12.0. The minimum atomic E-state index is -0.687. The number of hydrogen-bond donors (Lipinski definition) is 0. The molecule has 1 unspecified atom stereocenters. The quantitative estimate of drug-likeness (QED) is 0.438. The molecule has 1 aromatic heterocycles. The van der Waals surface area contributed by atoms with Crippen molar-refractivity contribution in [3.8, 4) is 0 Å². The molecule has 116 valence electrons. The molecule has 0 N–H and O–H groups in total. The van der Waals surface area contributed by atoms with Gasteiger partial charge in [0.2, 0.25) is 5.15 Å². The SMILES string of the molecule is CCC(C)N(CCOC)C(=O)c1ccnc(Cl)c1[N+](=O)[O-]. The number of nitrogens with zero attached hydrogens (tertiary/aromatic N) is 3. The summed E-state index contributed by atoms with van der Waals surface area (Å²) in [4.78, 5) is 28.2. The highest BCUT2D eigenvalue weighted by atomic mass is 35.5. The van der Waals surface area contributed by atoms with Crippen molar-refractivity contribution in [2.75, 3.05) is 20.3 Å². The number of rotatable bonds is 7. The van der Waals surface area contributed by atoms with Crippen molar-refractivity contribution in [2.45, 2.75) is 26.3 Å². The summed E-state index contributed by atoms with van der Waals surface area (Å²) in [6.07, 6.45) is 2.01. The van der Waals surface area contributed by atoms with E-state index in [4.69, 9.17) is 16.3 Å². The summed E-state index contributed by atoms with van der Waals surface area (Å²) in [5.74, 6) is -0.447. The maximum Gasteiger partial charge on any atom is 0.319 e. The van der Waals surface area contributed by atoms with E-state index in [0.717, 1.165) is 6.42 Å². The third kappa shape index (κ3) is 4.12. The number of carbonyl (C=O) groups excluding carboxylic acids is 1. The fourth-order valence-corrected chi connectivity index (χ4v) is 2.09. The molecule has 1 atom stereocenters. The highest BCUT2D eigenvalue weighted by Gasteiger charge is 2.29. The van der Waals surface area contributed by atoms with Gasteiger partial charge >= 0.3 is 5.69 Å². The van der Waals surface area contributed by atoms with Crippen LogP contribution in [0.25, 0.3) is 0 Å². The highest BCUT2D eigenvalue weighted by molar-refractivity contribution is 6.32. The highest BCUT2D eigenvalue weighted by Crippen LogP contribution is 2.27. The van der Waals surface area contributed by atoms with E-state index in [-0.39, 0.29) is 16.8 Å². The molecular formula is C13H18ClN3O4. The minimum absolute atomic E-state index is 0.0589. The summed E-state index contributed by atoms with van der Waals surface area (Å²) in [6.45, 7) is 4.51. The molecule has 0 bridgehead atoms. The van der Waals surface area contributed by atoms with Crippen molar-refractivity contribution in [2.24, 2.45) is 0 Å². The lowest BCUT2D eigenvalue weighted by Gasteiger charge is -2.28. The Kier molecular flexibility index (Phi) is 6.51. The van der Waals surface area contributed by atoms with Gasteiger partial charge in [0, 0.05) is 25.9 Å². The van der Waals surface area contributed by atoms with Crippen LogP contribution < -0.4 is 0 Å². The van der Waals surface area contributed by atoms with Gasteiger partial charge < -0.3 is 9.64 Å². The van der Waals surface area contributed by atoms with Crippen LogP contribution in [0.2, 0.25) is 5.15 Å². The fraction of sp³-hybridized carbons (Fsp3) is 0.538. The minimum Gasteiger partial charge on any atom is -0.383 e. The van der Waals surface area contributed by atoms with Gasteiger partial charge in [0.15, 0.2) is 0 Å². The Morgan fingerprint density at radius 2 is 2.29 bits per heavy atom. The van der Waals surface area contributed by atoms with Gasteiger partial charge in [-0.1, -0.05) is 18.5 Å². The van der Waals surface area contributed by atoms with Crippen molar-refractivity contribution in [3.63, 3.8) is 0 Å². The van der Waals surface area contributed by atoms with Crippen LogP contribution in [0, 0.1) is 10.1 Å². The fourth-order valence-electron chi connectivity index (χ4n) is 1.86. The van der Waals surface area contributed by atoms with Gasteiger partial charge in [0.1, 0.15) is 5.56 Å². The Hall–Kier alpha value is -1.73. The predicted molar refractivity (Wildman–Crippen MR) is 78.6 cm³/mol. The van der Waals surface area contributed by atoms with Crippen molar-refractivity contribution in [1.29, 1.82) is 0 Å². The summed E-state index contributed by atoms with van der Waals surface area (Å²) < 4.78 is 4.99. The lowest BCUT2D eigenvalue weighted by atomic mass is 10.1. The molecule has 7 nitrogen and oxygen atoms in total. The van der Waals surface area contributed by atoms with Gasteiger partial charge in [0.25, 0.3) is 5.91 Å². The molecular weight excluding hydrogens is 298 g/mol. The Labute approximate surface area is 128 Å². The van der Waals surface area contributed by atoms with Gasteiger partial charge in [-0.2, -0.15) is 0 Å². The van der Waals surface area contributed by atoms with Gasteiger partial charge in [-0.3, -0.25) is 14.9 Å². The first-order valence-electron chi connectivity index (χ1n) is 6.52. The summed E-state index contributed by atoms with van der Waals surface area (Å²) >= 11 is 5.74. The molecule has 0 spiro atoms. The Balaban J connectivity index is 3.20. The molecule has 1 amide bonds. The monoisotopic (exact) mass is 315 g/mol. The van der Waals surface area contributed by atoms with E-state index in [1.807, 2.05) is 13.8 Å². The third-order valence-electron chi connectivity index (χ3n) is 3.21. The number of nitro groups is 1. The molecule has 0 radical (unpaired) electrons. The standard InChI is InChI=1S/C13H18ClN3O4/c1-4-9(2)16(7-8-21-3)13(18)10-5-6-15-12(14)11(10)17(19)20/h5-6,9H,4,7-8H2,1-3H3. The van der Waals surface area contributed by atoms with Crippen molar-refractivity contribution in [3.05, 3.63) is 33.1 Å². The zero-order chi connectivity index (χ0) is 16.0. The van der Waals surface area contributed by atoms with Crippen LogP contribution in [0.1, 0.15) is 30.6 Å². The topological polar surface area (TPSA) is 85.6 Å². The maximum atomic E-state index is 12.6. The molecule has 1 aromatic rings. The van der Waals surface area contributed by atoms with Crippen LogP contribution in [0.15, 0.2) is 12.3 Å². The van der Waals surface area contributed by atoms with E-state index in [1.54, 1.807) is 4.90 Å². The van der Waals surface area contributed by atoms with Crippen LogP contribution in [0.5, 0.6) is 0 Å². The van der Waals surface area contributed by atoms with E-state index in [9.17, 15) is 14.9 Å². The number of amides is 1. The summed E-state index contributed by atoms with van der Waals surface area (Å²) in [5, 5.41) is 10.8. The molecule has 8 heteroatoms. The van der Waals surface area contributed by atoms with E-state index in [0.29, 0.717) is 13.2 Å². The number of ether oxygens (including phenoxy) is 1. The lowest BCUT2D eigenvalue weighted by Crippen LogP contribution is -2.40. The second-order valence-corrected chi connectivity index (χ2v) is 4.86. The lowest BCUT2D eigenvalue weighted by molar-refractivity contribution is -0.385. The summed E-state index contributed by atoms with van der Waals surface area (Å²) in [6, 6.07) is 1.24.